The molecule has 28 heavy (non-hydrogen) atoms. The number of aliphatic hydroxyl groups is 1. The third kappa shape index (κ3) is 7.04. The van der Waals surface area contributed by atoms with Crippen LogP contribution in [-0.4, -0.2) is 34.2 Å². The number of hydrogen-bond acceptors (Lipinski definition) is 4. The Kier molecular flexibility index (Phi) is 8.02. The molecule has 2 rings (SSSR count). The van der Waals surface area contributed by atoms with Gasteiger partial charge in [0, 0.05) is 6.42 Å². The van der Waals surface area contributed by atoms with Crippen molar-refractivity contribution in [2.45, 2.75) is 45.4 Å². The van der Waals surface area contributed by atoms with Crippen LogP contribution in [0.1, 0.15) is 31.4 Å². The molecular weight excluding hydrogens is 358 g/mol. The first kappa shape index (κ1) is 21.4. The lowest BCUT2D eigenvalue weighted by Gasteiger charge is -2.18. The molecule has 0 unspecified atom stereocenters. The lowest BCUT2D eigenvalue weighted by atomic mass is 10.0. The zero-order chi connectivity index (χ0) is 20.5. The summed E-state index contributed by atoms with van der Waals surface area (Å²) in [6, 6.07) is 15.7. The van der Waals surface area contributed by atoms with Crippen LogP contribution in [-0.2, 0) is 22.6 Å². The number of carboxylic acids is 1. The van der Waals surface area contributed by atoms with Crippen LogP contribution in [0.15, 0.2) is 54.6 Å². The quantitative estimate of drug-likeness (QED) is 0.584. The Morgan fingerprint density at radius 1 is 1.04 bits per heavy atom. The summed E-state index contributed by atoms with van der Waals surface area (Å²) in [5.41, 5.74) is 1.75. The topological polar surface area (TPSA) is 95.9 Å². The fraction of sp³-hybridized carbons (Fsp3) is 0.364. The van der Waals surface area contributed by atoms with E-state index in [4.69, 9.17) is 4.74 Å². The lowest BCUT2D eigenvalue weighted by molar-refractivity contribution is -0.143. The van der Waals surface area contributed by atoms with Crippen LogP contribution in [0.5, 0.6) is 5.75 Å². The molecule has 2 aromatic rings. The maximum atomic E-state index is 12.1. The Bertz CT molecular complexity index is 776. The average Bonchev–Trinajstić information content (AvgIpc) is 2.66. The van der Waals surface area contributed by atoms with Crippen LogP contribution in [0.25, 0.3) is 0 Å². The van der Waals surface area contributed by atoms with Gasteiger partial charge in [-0.15, -0.1) is 0 Å². The van der Waals surface area contributed by atoms with Crippen LogP contribution >= 0.6 is 0 Å². The average molecular weight is 385 g/mol. The Balaban J connectivity index is 1.98. The Labute approximate surface area is 165 Å². The molecule has 0 spiro atoms. The van der Waals surface area contributed by atoms with E-state index in [9.17, 15) is 19.8 Å². The minimum Gasteiger partial charge on any atom is -0.489 e. The van der Waals surface area contributed by atoms with Crippen molar-refractivity contribution in [3.63, 3.8) is 0 Å². The van der Waals surface area contributed by atoms with E-state index in [1.165, 1.54) is 0 Å². The van der Waals surface area contributed by atoms with Crippen LogP contribution in [0.4, 0.5) is 0 Å². The maximum absolute atomic E-state index is 12.1. The molecule has 0 aromatic heterocycles. The molecule has 0 aliphatic rings. The second kappa shape index (κ2) is 10.5. The number of nitrogens with one attached hydrogen (secondary N) is 1. The summed E-state index contributed by atoms with van der Waals surface area (Å²) in [5, 5.41) is 21.7. The molecule has 2 aromatic carbocycles. The second-order valence-electron chi connectivity index (χ2n) is 7.17. The first-order valence-electron chi connectivity index (χ1n) is 9.32. The van der Waals surface area contributed by atoms with Gasteiger partial charge in [0.2, 0.25) is 5.91 Å². The zero-order valence-corrected chi connectivity index (χ0v) is 16.2. The van der Waals surface area contributed by atoms with Crippen molar-refractivity contribution in [3.05, 3.63) is 65.7 Å². The fourth-order valence-electron chi connectivity index (χ4n) is 2.76. The van der Waals surface area contributed by atoms with Crippen molar-refractivity contribution >= 4 is 11.9 Å². The highest BCUT2D eigenvalue weighted by atomic mass is 16.5. The number of carbonyl (C=O) groups is 2. The highest BCUT2D eigenvalue weighted by molar-refractivity contribution is 5.86. The molecule has 2 atom stereocenters. The van der Waals surface area contributed by atoms with Gasteiger partial charge in [0.25, 0.3) is 0 Å². The van der Waals surface area contributed by atoms with Crippen molar-refractivity contribution in [1.82, 2.24) is 5.32 Å². The van der Waals surface area contributed by atoms with E-state index in [0.717, 1.165) is 11.1 Å². The summed E-state index contributed by atoms with van der Waals surface area (Å²) < 4.78 is 5.76. The van der Waals surface area contributed by atoms with Crippen LogP contribution < -0.4 is 10.1 Å². The van der Waals surface area contributed by atoms with Gasteiger partial charge in [0.05, 0.1) is 0 Å². The Morgan fingerprint density at radius 3 is 2.36 bits per heavy atom. The Hall–Kier alpha value is -2.86. The third-order valence-corrected chi connectivity index (χ3v) is 4.20. The molecule has 0 saturated heterocycles. The standard InChI is InChI=1S/C22H27NO5/c1-15(2)11-20(24)21(25)23-19(22(26)27)13-17-9-6-10-18(12-17)28-14-16-7-4-3-5-8-16/h3-10,12,15,19-20,24H,11,13-14H2,1-2H3,(H,23,25)(H,26,27)/t19-,20+/m0/s1. The lowest BCUT2D eigenvalue weighted by Crippen LogP contribution is -2.46. The van der Waals surface area contributed by atoms with Crippen molar-refractivity contribution in [3.8, 4) is 5.75 Å². The number of amides is 1. The van der Waals surface area contributed by atoms with Crippen LogP contribution in [0, 0.1) is 5.92 Å². The van der Waals surface area contributed by atoms with Gasteiger partial charge in [0.15, 0.2) is 0 Å². The summed E-state index contributed by atoms with van der Waals surface area (Å²) in [5.74, 6) is -1.07. The molecule has 0 aliphatic carbocycles. The number of rotatable bonds is 10. The molecule has 3 N–H and O–H groups in total. The van der Waals surface area contributed by atoms with Gasteiger partial charge in [-0.2, -0.15) is 0 Å². The van der Waals surface area contributed by atoms with E-state index in [1.54, 1.807) is 24.3 Å². The van der Waals surface area contributed by atoms with E-state index in [1.807, 2.05) is 44.2 Å². The number of ether oxygens (including phenoxy) is 1. The molecule has 1 amide bonds. The fourth-order valence-corrected chi connectivity index (χ4v) is 2.76. The van der Waals surface area contributed by atoms with Crippen molar-refractivity contribution in [2.75, 3.05) is 0 Å². The van der Waals surface area contributed by atoms with Crippen molar-refractivity contribution < 1.29 is 24.5 Å². The third-order valence-electron chi connectivity index (χ3n) is 4.20. The summed E-state index contributed by atoms with van der Waals surface area (Å²) in [7, 11) is 0. The highest BCUT2D eigenvalue weighted by Crippen LogP contribution is 2.17. The van der Waals surface area contributed by atoms with Gasteiger partial charge in [-0.05, 0) is 35.6 Å². The number of benzene rings is 2. The molecule has 0 aliphatic heterocycles. The molecule has 150 valence electrons. The van der Waals surface area contributed by atoms with Gasteiger partial charge in [-0.25, -0.2) is 4.79 Å². The molecule has 0 heterocycles. The van der Waals surface area contributed by atoms with Gasteiger partial charge in [-0.3, -0.25) is 4.79 Å². The van der Waals surface area contributed by atoms with Gasteiger partial charge in [-0.1, -0.05) is 56.3 Å². The summed E-state index contributed by atoms with van der Waals surface area (Å²) >= 11 is 0. The number of carbonyl (C=O) groups excluding carboxylic acids is 1. The predicted octanol–water partition coefficient (Wildman–Crippen LogP) is 2.78. The Morgan fingerprint density at radius 2 is 1.71 bits per heavy atom. The molecule has 6 heteroatoms. The van der Waals surface area contributed by atoms with Crippen molar-refractivity contribution in [1.29, 1.82) is 0 Å². The smallest absolute Gasteiger partial charge is 0.326 e. The van der Waals surface area contributed by atoms with E-state index in [-0.39, 0.29) is 18.8 Å². The highest BCUT2D eigenvalue weighted by Gasteiger charge is 2.24. The largest absolute Gasteiger partial charge is 0.489 e. The number of aliphatic carboxylic acids is 1. The van der Waals surface area contributed by atoms with E-state index >= 15 is 0 Å². The monoisotopic (exact) mass is 385 g/mol. The van der Waals surface area contributed by atoms with Crippen LogP contribution in [0.2, 0.25) is 0 Å². The maximum Gasteiger partial charge on any atom is 0.326 e. The first-order valence-corrected chi connectivity index (χ1v) is 9.32. The molecule has 6 nitrogen and oxygen atoms in total. The molecule has 0 saturated carbocycles. The van der Waals surface area contributed by atoms with Gasteiger partial charge in [0.1, 0.15) is 24.5 Å². The normalized spacial score (nSPS) is 13.0. The summed E-state index contributed by atoms with van der Waals surface area (Å²) in [6.45, 7) is 4.17. The van der Waals surface area contributed by atoms with E-state index in [0.29, 0.717) is 12.4 Å². The molecule has 0 fully saturated rings. The van der Waals surface area contributed by atoms with Crippen molar-refractivity contribution in [2.24, 2.45) is 5.92 Å². The van der Waals surface area contributed by atoms with E-state index < -0.39 is 24.0 Å². The predicted molar refractivity (Wildman–Crippen MR) is 106 cm³/mol. The minimum absolute atomic E-state index is 0.0952. The van der Waals surface area contributed by atoms with E-state index in [2.05, 4.69) is 5.32 Å². The number of aliphatic hydroxyl groups excluding tert-OH is 1. The molecule has 0 radical (unpaired) electrons. The number of hydrogen-bond donors (Lipinski definition) is 3. The number of carboxylic acid groups (broad SMARTS) is 1. The minimum atomic E-state index is -1.22. The first-order chi connectivity index (χ1) is 13.3. The van der Waals surface area contributed by atoms with Gasteiger partial charge < -0.3 is 20.3 Å². The summed E-state index contributed by atoms with van der Waals surface area (Å²) in [4.78, 5) is 23.6. The molecule has 0 bridgehead atoms. The molecular formula is C22H27NO5. The SMILES string of the molecule is CC(C)C[C@@H](O)C(=O)N[C@@H](Cc1cccc(OCc2ccccc2)c1)C(=O)O. The zero-order valence-electron chi connectivity index (χ0n) is 16.2. The van der Waals surface area contributed by atoms with Crippen LogP contribution in [0.3, 0.4) is 0 Å². The second-order valence-corrected chi connectivity index (χ2v) is 7.17. The van der Waals surface area contributed by atoms with Gasteiger partial charge >= 0.3 is 5.97 Å². The summed E-state index contributed by atoms with van der Waals surface area (Å²) in [6.07, 6.45) is -0.846.